The van der Waals surface area contributed by atoms with Crippen molar-refractivity contribution >= 4 is 29.6 Å². The number of rotatable bonds is 6. The van der Waals surface area contributed by atoms with E-state index in [9.17, 15) is 14.4 Å². The summed E-state index contributed by atoms with van der Waals surface area (Å²) in [5, 5.41) is 4.74. The Morgan fingerprint density at radius 1 is 1.15 bits per heavy atom. The molecule has 0 aliphatic heterocycles. The summed E-state index contributed by atoms with van der Waals surface area (Å²) in [6, 6.07) is 5.26. The first-order valence-corrected chi connectivity index (χ1v) is 8.14. The summed E-state index contributed by atoms with van der Waals surface area (Å²) < 4.78 is 10.1. The Labute approximate surface area is 157 Å². The third-order valence-corrected chi connectivity index (χ3v) is 2.86. The number of benzene rings is 1. The van der Waals surface area contributed by atoms with Gasteiger partial charge in [-0.25, -0.2) is 14.6 Å². The van der Waals surface area contributed by atoms with Crippen LogP contribution in [0.2, 0.25) is 0 Å². The Morgan fingerprint density at radius 3 is 2.26 bits per heavy atom. The van der Waals surface area contributed by atoms with Crippen LogP contribution in [0.25, 0.3) is 0 Å². The van der Waals surface area contributed by atoms with Crippen LogP contribution >= 0.6 is 0 Å². The zero-order chi connectivity index (χ0) is 20.6. The van der Waals surface area contributed by atoms with E-state index in [-0.39, 0.29) is 18.3 Å². The summed E-state index contributed by atoms with van der Waals surface area (Å²) in [5.41, 5.74) is 10.4. The SMILES string of the molecule is C[C@H](NC(=O)OC(C)(C)C)C(=O)NCC(=O)Oc1ccc(N=C(N)N)cc1. The zero-order valence-corrected chi connectivity index (χ0v) is 15.7. The molecule has 6 N–H and O–H groups in total. The lowest BCUT2D eigenvalue weighted by atomic mass is 10.2. The molecule has 1 rings (SSSR count). The number of nitrogens with zero attached hydrogens (tertiary/aromatic N) is 1. The van der Waals surface area contributed by atoms with Crippen LogP contribution in [0.1, 0.15) is 27.7 Å². The second-order valence-corrected chi connectivity index (χ2v) is 6.59. The number of hydrogen-bond acceptors (Lipinski definition) is 6. The van der Waals surface area contributed by atoms with E-state index < -0.39 is 29.6 Å². The molecule has 1 atom stereocenters. The van der Waals surface area contributed by atoms with Crippen LogP contribution in [0, 0.1) is 0 Å². The number of esters is 1. The quantitative estimate of drug-likeness (QED) is 0.243. The topological polar surface area (TPSA) is 158 Å². The molecule has 0 aromatic heterocycles. The lowest BCUT2D eigenvalue weighted by Crippen LogP contribution is -2.47. The second kappa shape index (κ2) is 9.41. The van der Waals surface area contributed by atoms with Gasteiger partial charge in [0.25, 0.3) is 0 Å². The van der Waals surface area contributed by atoms with E-state index in [1.807, 2.05) is 0 Å². The minimum Gasteiger partial charge on any atom is -0.444 e. The van der Waals surface area contributed by atoms with Gasteiger partial charge in [0.05, 0.1) is 5.69 Å². The van der Waals surface area contributed by atoms with Crippen LogP contribution in [0.3, 0.4) is 0 Å². The first kappa shape index (κ1) is 21.7. The van der Waals surface area contributed by atoms with Crippen molar-refractivity contribution in [1.29, 1.82) is 0 Å². The smallest absolute Gasteiger partial charge is 0.408 e. The minimum absolute atomic E-state index is 0.0865. The van der Waals surface area contributed by atoms with Gasteiger partial charge in [0.1, 0.15) is 23.9 Å². The third kappa shape index (κ3) is 9.10. The van der Waals surface area contributed by atoms with Crippen molar-refractivity contribution in [2.45, 2.75) is 39.3 Å². The average molecular weight is 379 g/mol. The van der Waals surface area contributed by atoms with Crippen molar-refractivity contribution in [2.24, 2.45) is 16.5 Å². The van der Waals surface area contributed by atoms with Gasteiger partial charge < -0.3 is 31.6 Å². The molecule has 0 saturated carbocycles. The second-order valence-electron chi connectivity index (χ2n) is 6.59. The molecule has 2 amide bonds. The van der Waals surface area contributed by atoms with E-state index in [1.165, 1.54) is 19.1 Å². The molecule has 0 radical (unpaired) electrons. The van der Waals surface area contributed by atoms with Crippen molar-refractivity contribution < 1.29 is 23.9 Å². The summed E-state index contributed by atoms with van der Waals surface area (Å²) in [7, 11) is 0. The van der Waals surface area contributed by atoms with Crippen LogP contribution < -0.4 is 26.8 Å². The van der Waals surface area contributed by atoms with E-state index in [0.717, 1.165) is 0 Å². The Kier molecular flexibility index (Phi) is 7.58. The highest BCUT2D eigenvalue weighted by molar-refractivity contribution is 5.88. The molecule has 10 nitrogen and oxygen atoms in total. The number of guanidine groups is 1. The van der Waals surface area contributed by atoms with Gasteiger partial charge in [-0.15, -0.1) is 0 Å². The summed E-state index contributed by atoms with van der Waals surface area (Å²) in [4.78, 5) is 39.2. The lowest BCUT2D eigenvalue weighted by Gasteiger charge is -2.21. The number of alkyl carbamates (subject to hydrolysis) is 1. The minimum atomic E-state index is -0.883. The Bertz CT molecular complexity index is 705. The summed E-state index contributed by atoms with van der Waals surface area (Å²) in [5.74, 6) is -1.05. The number of aliphatic imine (C=N–C) groups is 1. The molecule has 148 valence electrons. The molecule has 0 aliphatic carbocycles. The van der Waals surface area contributed by atoms with Gasteiger partial charge in [-0.2, -0.15) is 0 Å². The molecule has 0 unspecified atom stereocenters. The number of nitrogens with one attached hydrogen (secondary N) is 2. The fourth-order valence-electron chi connectivity index (χ4n) is 1.77. The molecule has 0 aliphatic rings. The molecule has 0 bridgehead atoms. The number of nitrogens with two attached hydrogens (primary N) is 2. The Balaban J connectivity index is 2.43. The van der Waals surface area contributed by atoms with Gasteiger partial charge in [0, 0.05) is 0 Å². The molecular weight excluding hydrogens is 354 g/mol. The maximum absolute atomic E-state index is 11.9. The van der Waals surface area contributed by atoms with Gasteiger partial charge in [0.15, 0.2) is 5.96 Å². The number of hydrogen-bond donors (Lipinski definition) is 4. The van der Waals surface area contributed by atoms with Crippen LogP contribution in [-0.4, -0.2) is 42.1 Å². The standard InChI is InChI=1S/C17H25N5O5/c1-10(21-16(25)27-17(2,3)4)14(24)20-9-13(23)26-12-7-5-11(6-8-12)22-15(18)19/h5-8,10H,9H2,1-4H3,(H,20,24)(H,21,25)(H4,18,19,22)/t10-/m0/s1. The van der Waals surface area contributed by atoms with E-state index in [1.54, 1.807) is 32.9 Å². The maximum Gasteiger partial charge on any atom is 0.408 e. The van der Waals surface area contributed by atoms with Gasteiger partial charge in [-0.3, -0.25) is 4.79 Å². The fraction of sp³-hybridized carbons (Fsp3) is 0.412. The van der Waals surface area contributed by atoms with Crippen molar-refractivity contribution in [2.75, 3.05) is 6.54 Å². The maximum atomic E-state index is 11.9. The highest BCUT2D eigenvalue weighted by Crippen LogP contribution is 2.17. The largest absolute Gasteiger partial charge is 0.444 e. The van der Waals surface area contributed by atoms with Gasteiger partial charge >= 0.3 is 12.1 Å². The van der Waals surface area contributed by atoms with Crippen LogP contribution in [0.15, 0.2) is 29.3 Å². The normalized spacial score (nSPS) is 11.7. The van der Waals surface area contributed by atoms with Gasteiger partial charge in [-0.1, -0.05) is 0 Å². The molecular formula is C17H25N5O5. The monoisotopic (exact) mass is 379 g/mol. The number of ether oxygens (including phenoxy) is 2. The lowest BCUT2D eigenvalue weighted by molar-refractivity contribution is -0.135. The zero-order valence-electron chi connectivity index (χ0n) is 15.7. The summed E-state index contributed by atoms with van der Waals surface area (Å²) in [6.07, 6.45) is -0.728. The highest BCUT2D eigenvalue weighted by atomic mass is 16.6. The first-order chi connectivity index (χ1) is 12.5. The predicted octanol–water partition coefficient (Wildman–Crippen LogP) is 0.526. The molecule has 10 heteroatoms. The third-order valence-electron chi connectivity index (χ3n) is 2.86. The highest BCUT2D eigenvalue weighted by Gasteiger charge is 2.21. The van der Waals surface area contributed by atoms with E-state index in [4.69, 9.17) is 20.9 Å². The van der Waals surface area contributed by atoms with E-state index >= 15 is 0 Å². The molecule has 0 saturated heterocycles. The van der Waals surface area contributed by atoms with E-state index in [2.05, 4.69) is 15.6 Å². The summed E-state index contributed by atoms with van der Waals surface area (Å²) >= 11 is 0. The molecule has 1 aromatic carbocycles. The molecule has 0 fully saturated rings. The van der Waals surface area contributed by atoms with Crippen LogP contribution in [-0.2, 0) is 14.3 Å². The molecule has 27 heavy (non-hydrogen) atoms. The Hall–Kier alpha value is -3.30. The molecule has 1 aromatic rings. The van der Waals surface area contributed by atoms with Crippen molar-refractivity contribution in [1.82, 2.24) is 10.6 Å². The van der Waals surface area contributed by atoms with Crippen LogP contribution in [0.4, 0.5) is 10.5 Å². The number of carbonyl (C=O) groups is 3. The fourth-order valence-corrected chi connectivity index (χ4v) is 1.77. The number of carbonyl (C=O) groups excluding carboxylic acids is 3. The van der Waals surface area contributed by atoms with Crippen molar-refractivity contribution in [3.63, 3.8) is 0 Å². The van der Waals surface area contributed by atoms with Gasteiger partial charge in [0.2, 0.25) is 5.91 Å². The molecule has 0 heterocycles. The van der Waals surface area contributed by atoms with Gasteiger partial charge in [-0.05, 0) is 52.0 Å². The van der Waals surface area contributed by atoms with Crippen molar-refractivity contribution in [3.05, 3.63) is 24.3 Å². The van der Waals surface area contributed by atoms with Crippen LogP contribution in [0.5, 0.6) is 5.75 Å². The molecule has 0 spiro atoms. The Morgan fingerprint density at radius 2 is 1.74 bits per heavy atom. The van der Waals surface area contributed by atoms with E-state index in [0.29, 0.717) is 5.69 Å². The first-order valence-electron chi connectivity index (χ1n) is 8.14. The predicted molar refractivity (Wildman–Crippen MR) is 99.4 cm³/mol. The average Bonchev–Trinajstić information content (AvgIpc) is 2.52. The number of amides is 2. The van der Waals surface area contributed by atoms with Crippen molar-refractivity contribution in [3.8, 4) is 5.75 Å². The summed E-state index contributed by atoms with van der Waals surface area (Å²) in [6.45, 7) is 6.22.